The Morgan fingerprint density at radius 2 is 1.88 bits per heavy atom. The van der Waals surface area contributed by atoms with Gasteiger partial charge in [0.2, 0.25) is 5.91 Å². The van der Waals surface area contributed by atoms with E-state index in [0.717, 1.165) is 57.3 Å². The maximum atomic E-state index is 12.6. The lowest BCUT2D eigenvalue weighted by atomic mass is 9.85. The molecule has 1 amide bonds. The topological polar surface area (TPSA) is 41.9 Å². The third-order valence-corrected chi connectivity index (χ3v) is 5.84. The van der Waals surface area contributed by atoms with Crippen LogP contribution in [0.15, 0.2) is 35.5 Å². The summed E-state index contributed by atoms with van der Waals surface area (Å²) < 4.78 is 0. The van der Waals surface area contributed by atoms with Crippen molar-refractivity contribution in [3.8, 4) is 0 Å². The maximum Gasteiger partial charge on any atom is 0.225 e. The van der Waals surface area contributed by atoms with Gasteiger partial charge in [-0.15, -0.1) is 0 Å². The fraction of sp³-hybridized carbons (Fsp3) is 0.600. The largest absolute Gasteiger partial charge is 0.389 e. The van der Waals surface area contributed by atoms with E-state index in [4.69, 9.17) is 4.84 Å². The van der Waals surface area contributed by atoms with E-state index in [-0.39, 0.29) is 11.5 Å². The Hall–Kier alpha value is -1.84. The zero-order valence-electron chi connectivity index (χ0n) is 14.2. The highest BCUT2D eigenvalue weighted by molar-refractivity contribution is 5.88. The summed E-state index contributed by atoms with van der Waals surface area (Å²) >= 11 is 0. The molecule has 1 saturated heterocycles. The van der Waals surface area contributed by atoms with Crippen molar-refractivity contribution in [2.24, 2.45) is 11.1 Å². The summed E-state index contributed by atoms with van der Waals surface area (Å²) in [5.74, 6) is 0.666. The molecule has 1 spiro atoms. The van der Waals surface area contributed by atoms with Gasteiger partial charge in [-0.25, -0.2) is 0 Å². The minimum Gasteiger partial charge on any atom is -0.389 e. The highest BCUT2D eigenvalue weighted by atomic mass is 16.7. The molecule has 2 fully saturated rings. The van der Waals surface area contributed by atoms with Crippen molar-refractivity contribution in [2.75, 3.05) is 13.1 Å². The van der Waals surface area contributed by atoms with Gasteiger partial charge in [0.05, 0.1) is 5.71 Å². The van der Waals surface area contributed by atoms with Crippen molar-refractivity contribution in [2.45, 2.75) is 57.0 Å². The lowest BCUT2D eigenvalue weighted by Crippen LogP contribution is -2.48. The van der Waals surface area contributed by atoms with Crippen LogP contribution in [-0.2, 0) is 16.1 Å². The Balaban J connectivity index is 1.31. The second-order valence-electron chi connectivity index (χ2n) is 7.58. The molecule has 0 atom stereocenters. The Kier molecular flexibility index (Phi) is 4.30. The summed E-state index contributed by atoms with van der Waals surface area (Å²) in [5.41, 5.74) is 2.26. The monoisotopic (exact) mass is 326 g/mol. The molecule has 0 N–H and O–H groups in total. The van der Waals surface area contributed by atoms with Crippen molar-refractivity contribution in [1.82, 2.24) is 4.90 Å². The second-order valence-corrected chi connectivity index (χ2v) is 7.58. The predicted octanol–water partition coefficient (Wildman–Crippen LogP) is 3.56. The zero-order valence-corrected chi connectivity index (χ0v) is 14.2. The van der Waals surface area contributed by atoms with Gasteiger partial charge >= 0.3 is 0 Å². The molecule has 128 valence electrons. The normalized spacial score (nSPS) is 23.3. The zero-order chi connectivity index (χ0) is 16.4. The van der Waals surface area contributed by atoms with Crippen molar-refractivity contribution in [1.29, 1.82) is 0 Å². The first-order valence-corrected chi connectivity index (χ1v) is 9.31. The molecule has 1 aromatic carbocycles. The molecule has 0 radical (unpaired) electrons. The quantitative estimate of drug-likeness (QED) is 0.852. The van der Waals surface area contributed by atoms with Crippen LogP contribution < -0.4 is 0 Å². The Labute approximate surface area is 143 Å². The van der Waals surface area contributed by atoms with Crippen LogP contribution in [0, 0.1) is 5.92 Å². The summed E-state index contributed by atoms with van der Waals surface area (Å²) in [6.07, 6.45) is 8.20. The fourth-order valence-corrected chi connectivity index (χ4v) is 4.36. The van der Waals surface area contributed by atoms with Gasteiger partial charge in [-0.1, -0.05) is 48.3 Å². The molecule has 24 heavy (non-hydrogen) atoms. The van der Waals surface area contributed by atoms with Crippen molar-refractivity contribution in [3.63, 3.8) is 0 Å². The first kappa shape index (κ1) is 15.7. The SMILES string of the molecule is O=C(C1CCCC1)N1CCC2(CC1)CC(Cc1ccccc1)=NO2. The number of piperidine rings is 1. The number of carbonyl (C=O) groups excluding carboxylic acids is 1. The highest BCUT2D eigenvalue weighted by Crippen LogP contribution is 2.36. The summed E-state index contributed by atoms with van der Waals surface area (Å²) in [6, 6.07) is 10.4. The average molecular weight is 326 g/mol. The molecule has 1 aromatic rings. The molecule has 4 heteroatoms. The van der Waals surface area contributed by atoms with Gasteiger partial charge in [-0.3, -0.25) is 4.79 Å². The third-order valence-electron chi connectivity index (χ3n) is 5.84. The third kappa shape index (κ3) is 3.19. The smallest absolute Gasteiger partial charge is 0.225 e. The lowest BCUT2D eigenvalue weighted by Gasteiger charge is -2.38. The van der Waals surface area contributed by atoms with Crippen LogP contribution in [0.3, 0.4) is 0 Å². The molecule has 0 unspecified atom stereocenters. The van der Waals surface area contributed by atoms with Crippen LogP contribution in [0.4, 0.5) is 0 Å². The van der Waals surface area contributed by atoms with Gasteiger partial charge in [-0.05, 0) is 18.4 Å². The lowest BCUT2D eigenvalue weighted by molar-refractivity contribution is -0.141. The van der Waals surface area contributed by atoms with E-state index in [9.17, 15) is 4.79 Å². The van der Waals surface area contributed by atoms with E-state index >= 15 is 0 Å². The molecule has 2 aliphatic heterocycles. The van der Waals surface area contributed by atoms with Gasteiger partial charge in [0.25, 0.3) is 0 Å². The van der Waals surface area contributed by atoms with Crippen molar-refractivity contribution < 1.29 is 9.63 Å². The van der Waals surface area contributed by atoms with Crippen molar-refractivity contribution in [3.05, 3.63) is 35.9 Å². The van der Waals surface area contributed by atoms with Gasteiger partial charge in [0.15, 0.2) is 0 Å². The maximum absolute atomic E-state index is 12.6. The van der Waals surface area contributed by atoms with E-state index < -0.39 is 0 Å². The van der Waals surface area contributed by atoms with Gasteiger partial charge in [-0.2, -0.15) is 0 Å². The number of hydrogen-bond acceptors (Lipinski definition) is 3. The second kappa shape index (κ2) is 6.58. The summed E-state index contributed by atoms with van der Waals surface area (Å²) in [7, 11) is 0. The summed E-state index contributed by atoms with van der Waals surface area (Å²) in [4.78, 5) is 20.5. The standard InChI is InChI=1S/C20H26N2O2/c23-19(17-8-4-5-9-17)22-12-10-20(11-13-22)15-18(21-24-20)14-16-6-2-1-3-7-16/h1-3,6-7,17H,4-5,8-15H2. The van der Waals surface area contributed by atoms with Crippen molar-refractivity contribution >= 4 is 11.6 Å². The van der Waals surface area contributed by atoms with E-state index in [0.29, 0.717) is 5.91 Å². The summed E-state index contributed by atoms with van der Waals surface area (Å²) in [6.45, 7) is 1.65. The predicted molar refractivity (Wildman–Crippen MR) is 93.8 cm³/mol. The van der Waals surface area contributed by atoms with E-state index in [1.165, 1.54) is 18.4 Å². The molecular formula is C20H26N2O2. The minimum absolute atomic E-state index is 0.156. The molecule has 3 aliphatic rings. The van der Waals surface area contributed by atoms with E-state index in [1.54, 1.807) is 0 Å². The number of likely N-dealkylation sites (tertiary alicyclic amines) is 1. The molecule has 1 aliphatic carbocycles. The van der Waals surface area contributed by atoms with Crippen LogP contribution in [-0.4, -0.2) is 35.2 Å². The Morgan fingerprint density at radius 1 is 1.17 bits per heavy atom. The number of hydrogen-bond donors (Lipinski definition) is 0. The average Bonchev–Trinajstić information content (AvgIpc) is 3.27. The van der Waals surface area contributed by atoms with Gasteiger partial charge in [0.1, 0.15) is 5.60 Å². The Bertz CT molecular complexity index is 612. The number of benzene rings is 1. The highest BCUT2D eigenvalue weighted by Gasteiger charge is 2.43. The van der Waals surface area contributed by atoms with Crippen LogP contribution in [0.5, 0.6) is 0 Å². The van der Waals surface area contributed by atoms with E-state index in [1.807, 2.05) is 6.07 Å². The molecule has 0 bridgehead atoms. The molecule has 1 saturated carbocycles. The first-order valence-electron chi connectivity index (χ1n) is 9.31. The molecular weight excluding hydrogens is 300 g/mol. The fourth-order valence-electron chi connectivity index (χ4n) is 4.36. The number of amides is 1. The number of carbonyl (C=O) groups is 1. The number of nitrogens with zero attached hydrogens (tertiary/aromatic N) is 2. The molecule has 2 heterocycles. The first-order chi connectivity index (χ1) is 11.7. The number of oxime groups is 1. The molecule has 4 rings (SSSR count). The Morgan fingerprint density at radius 3 is 2.58 bits per heavy atom. The van der Waals surface area contributed by atoms with Crippen LogP contribution >= 0.6 is 0 Å². The summed E-state index contributed by atoms with van der Waals surface area (Å²) in [5, 5.41) is 4.37. The van der Waals surface area contributed by atoms with Crippen LogP contribution in [0.2, 0.25) is 0 Å². The van der Waals surface area contributed by atoms with Gasteiger partial charge < -0.3 is 9.74 Å². The molecule has 0 aromatic heterocycles. The number of rotatable bonds is 3. The van der Waals surface area contributed by atoms with Gasteiger partial charge in [0, 0.05) is 44.7 Å². The van der Waals surface area contributed by atoms with Crippen LogP contribution in [0.25, 0.3) is 0 Å². The van der Waals surface area contributed by atoms with Crippen LogP contribution in [0.1, 0.15) is 50.5 Å². The minimum atomic E-state index is -0.156. The molecule has 4 nitrogen and oxygen atoms in total. The van der Waals surface area contributed by atoms with E-state index in [2.05, 4.69) is 34.3 Å².